The lowest BCUT2D eigenvalue weighted by Gasteiger charge is -2.20. The molecule has 0 saturated heterocycles. The maximum atomic E-state index is 11.4. The van der Waals surface area contributed by atoms with E-state index >= 15 is 0 Å². The highest BCUT2D eigenvalue weighted by molar-refractivity contribution is 7.20. The number of aromatic nitrogens is 2. The Kier molecular flexibility index (Phi) is 3.25. The van der Waals surface area contributed by atoms with Gasteiger partial charge in [-0.1, -0.05) is 23.3 Å². The average molecular weight is 300 g/mol. The lowest BCUT2D eigenvalue weighted by atomic mass is 9.86. The fourth-order valence-electron chi connectivity index (χ4n) is 2.68. The number of hydrogen-bond donors (Lipinski definition) is 2. The maximum absolute atomic E-state index is 11.4. The van der Waals surface area contributed by atoms with E-state index in [0.29, 0.717) is 9.71 Å². The predicted octanol–water partition coefficient (Wildman–Crippen LogP) is 2.75. The first kappa shape index (κ1) is 13.8. The van der Waals surface area contributed by atoms with Crippen molar-refractivity contribution in [2.75, 3.05) is 5.73 Å². The topological polar surface area (TPSA) is 94.9 Å². The highest BCUT2D eigenvalue weighted by Gasteiger charge is 2.22. The molecule has 6 heteroatoms. The molecule has 0 spiro atoms. The lowest BCUT2D eigenvalue weighted by Crippen LogP contribution is -2.09. The number of carbonyl (C=O) groups excluding carboxylic acids is 1. The number of carbonyl (C=O) groups is 1. The summed E-state index contributed by atoms with van der Waals surface area (Å²) in [5, 5.41) is 0.869. The van der Waals surface area contributed by atoms with Crippen LogP contribution in [0.15, 0.2) is 29.4 Å². The third-order valence-electron chi connectivity index (χ3n) is 3.69. The summed E-state index contributed by atoms with van der Waals surface area (Å²) in [4.78, 5) is 21.2. The predicted molar refractivity (Wildman–Crippen MR) is 85.2 cm³/mol. The highest BCUT2D eigenvalue weighted by Crippen LogP contribution is 2.37. The number of primary amides is 1. The maximum Gasteiger partial charge on any atom is 0.258 e. The van der Waals surface area contributed by atoms with Crippen molar-refractivity contribution in [2.24, 2.45) is 5.73 Å². The summed E-state index contributed by atoms with van der Waals surface area (Å²) in [5.74, 6) is -0.0551. The van der Waals surface area contributed by atoms with Gasteiger partial charge in [-0.2, -0.15) is 0 Å². The van der Waals surface area contributed by atoms with Crippen molar-refractivity contribution in [3.05, 3.63) is 39.9 Å². The van der Waals surface area contributed by atoms with Gasteiger partial charge in [-0.25, -0.2) is 9.97 Å². The van der Waals surface area contributed by atoms with E-state index < -0.39 is 5.91 Å². The smallest absolute Gasteiger partial charge is 0.258 e. The molecule has 1 aliphatic rings. The molecule has 0 fully saturated rings. The fraction of sp³-hybridized carbons (Fsp3) is 0.267. The van der Waals surface area contributed by atoms with Gasteiger partial charge in [0.15, 0.2) is 0 Å². The van der Waals surface area contributed by atoms with Gasteiger partial charge in [0, 0.05) is 11.3 Å². The van der Waals surface area contributed by atoms with E-state index in [1.54, 1.807) is 6.07 Å². The lowest BCUT2D eigenvalue weighted by molar-refractivity contribution is 0.100. The number of nitrogen functional groups attached to an aromatic ring is 1. The molecule has 2 heterocycles. The minimum Gasteiger partial charge on any atom is -0.368 e. The molecule has 3 rings (SSSR count). The summed E-state index contributed by atoms with van der Waals surface area (Å²) >= 11 is 1.26. The van der Waals surface area contributed by atoms with Gasteiger partial charge < -0.3 is 11.5 Å². The van der Waals surface area contributed by atoms with Crippen LogP contribution in [0.5, 0.6) is 0 Å². The first-order valence-electron chi connectivity index (χ1n) is 6.67. The molecule has 0 radical (unpaired) electrons. The van der Waals surface area contributed by atoms with Crippen molar-refractivity contribution in [1.29, 1.82) is 0 Å². The number of nitrogens with two attached hydrogens (primary N) is 2. The minimum absolute atomic E-state index is 0.164. The van der Waals surface area contributed by atoms with Gasteiger partial charge in [-0.3, -0.25) is 4.79 Å². The molecule has 5 nitrogen and oxygen atoms in total. The normalized spacial score (nSPS) is 18.5. The van der Waals surface area contributed by atoms with Crippen LogP contribution in [0.25, 0.3) is 10.2 Å². The zero-order chi connectivity index (χ0) is 15.1. The second-order valence-electron chi connectivity index (χ2n) is 5.29. The van der Waals surface area contributed by atoms with Crippen molar-refractivity contribution in [2.45, 2.75) is 26.2 Å². The van der Waals surface area contributed by atoms with E-state index in [2.05, 4.69) is 36.0 Å². The fourth-order valence-corrected chi connectivity index (χ4v) is 3.58. The standard InChI is InChI=1S/C15H16N4OS/c1-7-3-4-9(8(2)5-7)12-10-6-11(13(16)20)21-14(10)19-15(17)18-12/h3,5-6,9H,4H2,1-2H3,(H2,16,20)(H2,17,18,19). The number of fused-ring (bicyclic) bond motifs is 1. The van der Waals surface area contributed by atoms with E-state index in [1.807, 2.05) is 0 Å². The minimum atomic E-state index is -0.450. The van der Waals surface area contributed by atoms with Gasteiger partial charge in [0.05, 0.1) is 10.6 Å². The zero-order valence-corrected chi connectivity index (χ0v) is 12.7. The van der Waals surface area contributed by atoms with Gasteiger partial charge in [0.25, 0.3) is 5.91 Å². The molecule has 4 N–H and O–H groups in total. The van der Waals surface area contributed by atoms with Gasteiger partial charge in [0.2, 0.25) is 5.95 Å². The van der Waals surface area contributed by atoms with Gasteiger partial charge in [-0.15, -0.1) is 11.3 Å². The third-order valence-corrected chi connectivity index (χ3v) is 4.74. The van der Waals surface area contributed by atoms with E-state index in [1.165, 1.54) is 22.5 Å². The summed E-state index contributed by atoms with van der Waals surface area (Å²) in [7, 11) is 0. The van der Waals surface area contributed by atoms with Crippen molar-refractivity contribution < 1.29 is 4.79 Å². The number of anilines is 1. The van der Waals surface area contributed by atoms with Crippen LogP contribution in [0.3, 0.4) is 0 Å². The Labute approximate surface area is 126 Å². The molecule has 0 saturated carbocycles. The second-order valence-corrected chi connectivity index (χ2v) is 6.32. The highest BCUT2D eigenvalue weighted by atomic mass is 32.1. The van der Waals surface area contributed by atoms with Crippen LogP contribution in [0.4, 0.5) is 5.95 Å². The molecule has 2 aromatic rings. The Morgan fingerprint density at radius 2 is 2.14 bits per heavy atom. The molecule has 1 atom stereocenters. The molecule has 1 aliphatic carbocycles. The number of thiophene rings is 1. The van der Waals surface area contributed by atoms with Crippen LogP contribution in [-0.4, -0.2) is 15.9 Å². The van der Waals surface area contributed by atoms with Crippen LogP contribution >= 0.6 is 11.3 Å². The van der Waals surface area contributed by atoms with Gasteiger partial charge in [-0.05, 0) is 26.3 Å². The van der Waals surface area contributed by atoms with Crippen molar-refractivity contribution in [3.8, 4) is 0 Å². The monoisotopic (exact) mass is 300 g/mol. The first-order chi connectivity index (χ1) is 9.95. The number of hydrogen-bond acceptors (Lipinski definition) is 5. The average Bonchev–Trinajstić information content (AvgIpc) is 2.82. The van der Waals surface area contributed by atoms with Crippen LogP contribution < -0.4 is 11.5 Å². The molecule has 1 amide bonds. The summed E-state index contributed by atoms with van der Waals surface area (Å²) in [6, 6.07) is 1.77. The van der Waals surface area contributed by atoms with Crippen LogP contribution in [0, 0.1) is 0 Å². The van der Waals surface area contributed by atoms with E-state index in [-0.39, 0.29) is 11.9 Å². The Hall–Kier alpha value is -2.21. The second kappa shape index (κ2) is 4.96. The summed E-state index contributed by atoms with van der Waals surface area (Å²) < 4.78 is 0. The molecule has 0 aliphatic heterocycles. The Morgan fingerprint density at radius 1 is 1.38 bits per heavy atom. The third kappa shape index (κ3) is 2.42. The number of rotatable bonds is 2. The molecule has 2 aromatic heterocycles. The summed E-state index contributed by atoms with van der Waals surface area (Å²) in [6.45, 7) is 4.17. The number of nitrogens with zero attached hydrogens (tertiary/aromatic N) is 2. The van der Waals surface area contributed by atoms with Crippen LogP contribution in [0.1, 0.15) is 41.6 Å². The van der Waals surface area contributed by atoms with E-state index in [9.17, 15) is 4.79 Å². The van der Waals surface area contributed by atoms with Crippen molar-refractivity contribution >= 4 is 33.4 Å². The van der Waals surface area contributed by atoms with Crippen molar-refractivity contribution in [3.63, 3.8) is 0 Å². The molecule has 0 aromatic carbocycles. The van der Waals surface area contributed by atoms with Crippen LogP contribution in [0.2, 0.25) is 0 Å². The van der Waals surface area contributed by atoms with E-state index in [4.69, 9.17) is 11.5 Å². The molecule has 108 valence electrons. The summed E-state index contributed by atoms with van der Waals surface area (Å²) in [6.07, 6.45) is 5.21. The quantitative estimate of drug-likeness (QED) is 0.891. The Morgan fingerprint density at radius 3 is 2.81 bits per heavy atom. The summed E-state index contributed by atoms with van der Waals surface area (Å²) in [5.41, 5.74) is 14.5. The van der Waals surface area contributed by atoms with E-state index in [0.717, 1.165) is 17.5 Å². The zero-order valence-electron chi connectivity index (χ0n) is 11.9. The van der Waals surface area contributed by atoms with Crippen molar-refractivity contribution in [1.82, 2.24) is 9.97 Å². The van der Waals surface area contributed by atoms with Gasteiger partial charge in [0.1, 0.15) is 4.83 Å². The van der Waals surface area contributed by atoms with Crippen LogP contribution in [-0.2, 0) is 0 Å². The first-order valence-corrected chi connectivity index (χ1v) is 7.49. The molecular formula is C15H16N4OS. The Balaban J connectivity index is 2.18. The number of allylic oxidation sites excluding steroid dienone is 4. The largest absolute Gasteiger partial charge is 0.368 e. The molecular weight excluding hydrogens is 284 g/mol. The number of amides is 1. The molecule has 1 unspecified atom stereocenters. The molecule has 0 bridgehead atoms. The SMILES string of the molecule is CC1=CCC(c2nc(N)nc3sc(C(N)=O)cc23)C(C)=C1. The van der Waals surface area contributed by atoms with Gasteiger partial charge >= 0.3 is 0 Å². The Bertz CT molecular complexity index is 803. The molecule has 21 heavy (non-hydrogen) atoms.